The first-order valence-electron chi connectivity index (χ1n) is 10.1. The topological polar surface area (TPSA) is 76.6 Å². The van der Waals surface area contributed by atoms with Crippen LogP contribution in [0.15, 0.2) is 18.2 Å². The fraction of sp³-hybridized carbons (Fsp3) is 0.571. The number of rotatable bonds is 4. The Bertz CT molecular complexity index is 843. The van der Waals surface area contributed by atoms with E-state index in [0.717, 1.165) is 48.5 Å². The van der Waals surface area contributed by atoms with Crippen LogP contribution in [0.3, 0.4) is 0 Å². The lowest BCUT2D eigenvalue weighted by Crippen LogP contribution is -2.45. The molecule has 0 saturated carbocycles. The van der Waals surface area contributed by atoms with Crippen LogP contribution >= 0.6 is 0 Å². The van der Waals surface area contributed by atoms with E-state index in [-0.39, 0.29) is 17.9 Å². The Balaban J connectivity index is 1.34. The van der Waals surface area contributed by atoms with Crippen molar-refractivity contribution < 1.29 is 14.3 Å². The molecule has 3 heterocycles. The third-order valence-electron chi connectivity index (χ3n) is 5.57. The molecule has 0 bridgehead atoms. The smallest absolute Gasteiger partial charge is 0.226 e. The molecular formula is C21H28N4O3. The minimum absolute atomic E-state index is 0.0320. The summed E-state index contributed by atoms with van der Waals surface area (Å²) in [6.45, 7) is 8.00. The van der Waals surface area contributed by atoms with Gasteiger partial charge in [-0.2, -0.15) is 0 Å². The molecular weight excluding hydrogens is 356 g/mol. The lowest BCUT2D eigenvalue weighted by atomic mass is 9.96. The van der Waals surface area contributed by atoms with Crippen LogP contribution in [0.2, 0.25) is 0 Å². The van der Waals surface area contributed by atoms with Gasteiger partial charge in [-0.3, -0.25) is 4.79 Å². The van der Waals surface area contributed by atoms with E-state index in [1.807, 2.05) is 6.92 Å². The summed E-state index contributed by atoms with van der Waals surface area (Å²) in [5.41, 5.74) is 3.19. The van der Waals surface area contributed by atoms with Gasteiger partial charge in [0, 0.05) is 30.9 Å². The highest BCUT2D eigenvalue weighted by molar-refractivity contribution is 5.82. The van der Waals surface area contributed by atoms with Gasteiger partial charge in [0.2, 0.25) is 11.9 Å². The average Bonchev–Trinajstić information content (AvgIpc) is 2.73. The van der Waals surface area contributed by atoms with Gasteiger partial charge in [0.25, 0.3) is 0 Å². The van der Waals surface area contributed by atoms with Crippen molar-refractivity contribution >= 4 is 22.8 Å². The first-order chi connectivity index (χ1) is 13.6. The Morgan fingerprint density at radius 1 is 1.21 bits per heavy atom. The molecule has 0 aliphatic carbocycles. The number of amides is 1. The molecule has 1 atom stereocenters. The number of nitrogens with one attached hydrogen (secondary N) is 1. The molecule has 1 N–H and O–H groups in total. The predicted molar refractivity (Wildman–Crippen MR) is 108 cm³/mol. The SMILES string of the molecule is Cc1ccc2nc(N3CCC(C(=O)NC[C@H]4COCCO4)CC3)nc(C)c2c1. The number of hydrogen-bond donors (Lipinski definition) is 1. The van der Waals surface area contributed by atoms with E-state index < -0.39 is 0 Å². The number of carbonyl (C=O) groups excluding carboxylic acids is 1. The molecule has 2 aromatic rings. The third-order valence-corrected chi connectivity index (χ3v) is 5.57. The molecule has 2 aliphatic heterocycles. The van der Waals surface area contributed by atoms with Gasteiger partial charge in [-0.1, -0.05) is 11.6 Å². The quantitative estimate of drug-likeness (QED) is 0.869. The number of aromatic nitrogens is 2. The van der Waals surface area contributed by atoms with Crippen LogP contribution in [0.1, 0.15) is 24.1 Å². The molecule has 1 aromatic heterocycles. The Morgan fingerprint density at radius 3 is 2.79 bits per heavy atom. The standard InChI is InChI=1S/C21H28N4O3/c1-14-3-4-19-18(11-14)15(2)23-21(24-19)25-7-5-16(6-8-25)20(26)22-12-17-13-27-9-10-28-17/h3-4,11,16-17H,5-10,12-13H2,1-2H3,(H,22,26)/t17-/m0/s1. The minimum Gasteiger partial charge on any atom is -0.376 e. The summed E-state index contributed by atoms with van der Waals surface area (Å²) in [5.74, 6) is 0.908. The van der Waals surface area contributed by atoms with Crippen molar-refractivity contribution in [1.82, 2.24) is 15.3 Å². The maximum atomic E-state index is 12.5. The Hall–Kier alpha value is -2.25. The van der Waals surface area contributed by atoms with E-state index in [9.17, 15) is 4.79 Å². The molecule has 1 amide bonds. The molecule has 2 saturated heterocycles. The van der Waals surface area contributed by atoms with E-state index in [1.165, 1.54) is 5.56 Å². The normalized spacial score (nSPS) is 21.1. The second kappa shape index (κ2) is 8.41. The first-order valence-corrected chi connectivity index (χ1v) is 10.1. The summed E-state index contributed by atoms with van der Waals surface area (Å²) in [4.78, 5) is 24.1. The summed E-state index contributed by atoms with van der Waals surface area (Å²) < 4.78 is 11.0. The summed E-state index contributed by atoms with van der Waals surface area (Å²) in [6.07, 6.45) is 1.58. The summed E-state index contributed by atoms with van der Waals surface area (Å²) in [6, 6.07) is 6.27. The summed E-state index contributed by atoms with van der Waals surface area (Å²) in [5, 5.41) is 4.13. The maximum absolute atomic E-state index is 12.5. The zero-order valence-corrected chi connectivity index (χ0v) is 16.6. The Morgan fingerprint density at radius 2 is 2.04 bits per heavy atom. The van der Waals surface area contributed by atoms with Crippen molar-refractivity contribution in [3.63, 3.8) is 0 Å². The monoisotopic (exact) mass is 384 g/mol. The molecule has 7 nitrogen and oxygen atoms in total. The van der Waals surface area contributed by atoms with Crippen LogP contribution < -0.4 is 10.2 Å². The fourth-order valence-corrected chi connectivity index (χ4v) is 3.88. The largest absolute Gasteiger partial charge is 0.376 e. The zero-order valence-electron chi connectivity index (χ0n) is 16.6. The van der Waals surface area contributed by atoms with E-state index in [0.29, 0.717) is 26.4 Å². The lowest BCUT2D eigenvalue weighted by molar-refractivity contribution is -0.128. The molecule has 1 aromatic carbocycles. The Labute approximate surface area is 165 Å². The van der Waals surface area contributed by atoms with Crippen molar-refractivity contribution in [2.24, 2.45) is 5.92 Å². The zero-order chi connectivity index (χ0) is 19.5. The second-order valence-electron chi connectivity index (χ2n) is 7.70. The number of aryl methyl sites for hydroxylation is 2. The van der Waals surface area contributed by atoms with Gasteiger partial charge in [0.1, 0.15) is 0 Å². The van der Waals surface area contributed by atoms with Gasteiger partial charge in [0.05, 0.1) is 37.1 Å². The van der Waals surface area contributed by atoms with Crippen LogP contribution in [0.25, 0.3) is 10.9 Å². The third kappa shape index (κ3) is 4.25. The van der Waals surface area contributed by atoms with Crippen molar-refractivity contribution in [2.45, 2.75) is 32.8 Å². The molecule has 150 valence electrons. The molecule has 28 heavy (non-hydrogen) atoms. The molecule has 7 heteroatoms. The summed E-state index contributed by atoms with van der Waals surface area (Å²) >= 11 is 0. The first kappa shape index (κ1) is 19.1. The average molecular weight is 384 g/mol. The van der Waals surface area contributed by atoms with Crippen molar-refractivity contribution in [3.05, 3.63) is 29.5 Å². The highest BCUT2D eigenvalue weighted by Gasteiger charge is 2.27. The van der Waals surface area contributed by atoms with Gasteiger partial charge >= 0.3 is 0 Å². The maximum Gasteiger partial charge on any atom is 0.226 e. The fourth-order valence-electron chi connectivity index (χ4n) is 3.88. The van der Waals surface area contributed by atoms with Crippen molar-refractivity contribution in [2.75, 3.05) is 44.4 Å². The number of nitrogens with zero attached hydrogens (tertiary/aromatic N) is 3. The van der Waals surface area contributed by atoms with Gasteiger partial charge in [0.15, 0.2) is 0 Å². The van der Waals surface area contributed by atoms with Crippen molar-refractivity contribution in [1.29, 1.82) is 0 Å². The summed E-state index contributed by atoms with van der Waals surface area (Å²) in [7, 11) is 0. The number of fused-ring (bicyclic) bond motifs is 1. The van der Waals surface area contributed by atoms with Gasteiger partial charge in [-0.15, -0.1) is 0 Å². The molecule has 4 rings (SSSR count). The molecule has 0 spiro atoms. The number of carbonyl (C=O) groups is 1. The molecule has 0 unspecified atom stereocenters. The number of benzene rings is 1. The highest BCUT2D eigenvalue weighted by Crippen LogP contribution is 2.24. The number of hydrogen-bond acceptors (Lipinski definition) is 6. The van der Waals surface area contributed by atoms with E-state index in [4.69, 9.17) is 19.4 Å². The van der Waals surface area contributed by atoms with Gasteiger partial charge < -0.3 is 19.7 Å². The molecule has 2 fully saturated rings. The van der Waals surface area contributed by atoms with Gasteiger partial charge in [-0.25, -0.2) is 9.97 Å². The molecule has 0 radical (unpaired) electrons. The van der Waals surface area contributed by atoms with Crippen LogP contribution in [0.4, 0.5) is 5.95 Å². The second-order valence-corrected chi connectivity index (χ2v) is 7.70. The number of piperidine rings is 1. The number of anilines is 1. The van der Waals surface area contributed by atoms with E-state index >= 15 is 0 Å². The lowest BCUT2D eigenvalue weighted by Gasteiger charge is -2.32. The Kier molecular flexibility index (Phi) is 5.73. The van der Waals surface area contributed by atoms with Gasteiger partial charge in [-0.05, 0) is 38.8 Å². The van der Waals surface area contributed by atoms with Crippen LogP contribution in [0, 0.1) is 19.8 Å². The van der Waals surface area contributed by atoms with Crippen LogP contribution in [-0.2, 0) is 14.3 Å². The van der Waals surface area contributed by atoms with Crippen LogP contribution in [-0.4, -0.2) is 61.4 Å². The number of ether oxygens (including phenoxy) is 2. The van der Waals surface area contributed by atoms with E-state index in [1.54, 1.807) is 0 Å². The van der Waals surface area contributed by atoms with Crippen molar-refractivity contribution in [3.8, 4) is 0 Å². The highest BCUT2D eigenvalue weighted by atomic mass is 16.6. The molecule has 2 aliphatic rings. The predicted octanol–water partition coefficient (Wildman–Crippen LogP) is 1.99. The minimum atomic E-state index is -0.0320. The van der Waals surface area contributed by atoms with Crippen LogP contribution in [0.5, 0.6) is 0 Å². The van der Waals surface area contributed by atoms with E-state index in [2.05, 4.69) is 35.3 Å².